The number of hydrogen-bond acceptors (Lipinski definition) is 2. The molecule has 0 aliphatic heterocycles. The minimum absolute atomic E-state index is 0.0328. The molecule has 0 aromatic heterocycles. The summed E-state index contributed by atoms with van der Waals surface area (Å²) in [5.41, 5.74) is 1.17. The summed E-state index contributed by atoms with van der Waals surface area (Å²) in [5, 5.41) is 12.0. The fraction of sp³-hybridized carbons (Fsp3) is 0.188. The molecular formula is C16H15ClFNO2. The van der Waals surface area contributed by atoms with Crippen molar-refractivity contribution in [1.29, 1.82) is 0 Å². The maximum Gasteiger partial charge on any atom is 0.251 e. The van der Waals surface area contributed by atoms with Crippen molar-refractivity contribution in [2.75, 3.05) is 6.61 Å². The van der Waals surface area contributed by atoms with Gasteiger partial charge in [-0.3, -0.25) is 4.79 Å². The van der Waals surface area contributed by atoms with Crippen LogP contribution < -0.4 is 5.32 Å². The lowest BCUT2D eigenvalue weighted by Gasteiger charge is -2.16. The van der Waals surface area contributed by atoms with E-state index in [1.165, 1.54) is 12.1 Å². The molecule has 1 amide bonds. The lowest BCUT2D eigenvalue weighted by atomic mass is 10.1. The molecule has 5 heteroatoms. The van der Waals surface area contributed by atoms with Gasteiger partial charge < -0.3 is 10.4 Å². The third-order valence-electron chi connectivity index (χ3n) is 3.06. The normalized spacial score (nSPS) is 12.0. The summed E-state index contributed by atoms with van der Waals surface area (Å²) in [6.45, 7) is -0.198. The van der Waals surface area contributed by atoms with E-state index in [1.54, 1.807) is 0 Å². The number of aliphatic hydroxyl groups is 1. The Balaban J connectivity index is 2.04. The van der Waals surface area contributed by atoms with Crippen LogP contribution in [0.5, 0.6) is 0 Å². The molecule has 2 aromatic rings. The summed E-state index contributed by atoms with van der Waals surface area (Å²) in [6, 6.07) is 12.9. The second-order valence-corrected chi connectivity index (χ2v) is 5.08. The molecule has 2 rings (SSSR count). The third kappa shape index (κ3) is 4.28. The fourth-order valence-corrected chi connectivity index (χ4v) is 2.08. The Labute approximate surface area is 127 Å². The van der Waals surface area contributed by atoms with E-state index < -0.39 is 17.8 Å². The van der Waals surface area contributed by atoms with Gasteiger partial charge in [0, 0.05) is 5.56 Å². The summed E-state index contributed by atoms with van der Waals surface area (Å²) in [6.07, 6.45) is 0.499. The monoisotopic (exact) mass is 307 g/mol. The van der Waals surface area contributed by atoms with Gasteiger partial charge in [-0.25, -0.2) is 4.39 Å². The average molecular weight is 308 g/mol. The van der Waals surface area contributed by atoms with Crippen LogP contribution in [0.2, 0.25) is 5.02 Å². The first kappa shape index (κ1) is 15.5. The number of benzene rings is 2. The molecule has 0 saturated heterocycles. The van der Waals surface area contributed by atoms with Gasteiger partial charge in [-0.2, -0.15) is 0 Å². The summed E-state index contributed by atoms with van der Waals surface area (Å²) in [5.74, 6) is -1.09. The second-order valence-electron chi connectivity index (χ2n) is 4.67. The molecule has 0 spiro atoms. The van der Waals surface area contributed by atoms with E-state index in [0.717, 1.165) is 11.6 Å². The molecule has 2 aromatic carbocycles. The van der Waals surface area contributed by atoms with E-state index in [9.17, 15) is 14.3 Å². The quantitative estimate of drug-likeness (QED) is 0.892. The molecule has 0 fully saturated rings. The number of rotatable bonds is 5. The zero-order valence-corrected chi connectivity index (χ0v) is 12.0. The first-order chi connectivity index (χ1) is 10.1. The van der Waals surface area contributed by atoms with Crippen molar-refractivity contribution in [1.82, 2.24) is 5.32 Å². The zero-order chi connectivity index (χ0) is 15.2. The summed E-state index contributed by atoms with van der Waals surface area (Å²) < 4.78 is 13.3. The molecule has 0 radical (unpaired) electrons. The fourth-order valence-electron chi connectivity index (χ4n) is 1.97. The Morgan fingerprint density at radius 3 is 2.57 bits per heavy atom. The highest BCUT2D eigenvalue weighted by atomic mass is 35.5. The van der Waals surface area contributed by atoms with Gasteiger partial charge in [0.15, 0.2) is 0 Å². The van der Waals surface area contributed by atoms with E-state index in [-0.39, 0.29) is 17.2 Å². The van der Waals surface area contributed by atoms with Crippen LogP contribution in [0.25, 0.3) is 0 Å². The number of hydrogen-bond donors (Lipinski definition) is 2. The minimum atomic E-state index is -0.645. The number of carbonyl (C=O) groups is 1. The zero-order valence-electron chi connectivity index (χ0n) is 11.2. The van der Waals surface area contributed by atoms with Gasteiger partial charge in [-0.15, -0.1) is 0 Å². The van der Waals surface area contributed by atoms with Crippen LogP contribution in [0.4, 0.5) is 4.39 Å². The molecule has 110 valence electrons. The van der Waals surface area contributed by atoms with Gasteiger partial charge in [-0.05, 0) is 30.2 Å². The largest absolute Gasteiger partial charge is 0.394 e. The van der Waals surface area contributed by atoms with Crippen LogP contribution in [0.1, 0.15) is 15.9 Å². The second kappa shape index (κ2) is 7.20. The molecule has 3 nitrogen and oxygen atoms in total. The van der Waals surface area contributed by atoms with Crippen molar-refractivity contribution in [2.24, 2.45) is 0 Å². The van der Waals surface area contributed by atoms with Crippen molar-refractivity contribution in [2.45, 2.75) is 12.5 Å². The van der Waals surface area contributed by atoms with Crippen LogP contribution in [-0.2, 0) is 6.42 Å². The van der Waals surface area contributed by atoms with Crippen molar-refractivity contribution in [3.8, 4) is 0 Å². The van der Waals surface area contributed by atoms with Crippen molar-refractivity contribution >= 4 is 17.5 Å². The number of amides is 1. The van der Waals surface area contributed by atoms with Gasteiger partial charge >= 0.3 is 0 Å². The standard InChI is InChI=1S/C16H15ClFNO2/c17-14-7-6-12(9-15(14)18)16(21)19-13(10-20)8-11-4-2-1-3-5-11/h1-7,9,13,20H,8,10H2,(H,19,21)/t13-/m1/s1. The lowest BCUT2D eigenvalue weighted by Crippen LogP contribution is -2.39. The predicted molar refractivity (Wildman–Crippen MR) is 79.9 cm³/mol. The topological polar surface area (TPSA) is 49.3 Å². The first-order valence-corrected chi connectivity index (χ1v) is 6.88. The maximum absolute atomic E-state index is 13.3. The Morgan fingerprint density at radius 1 is 1.24 bits per heavy atom. The summed E-state index contributed by atoms with van der Waals surface area (Å²) in [7, 11) is 0. The Hall–Kier alpha value is -1.91. The SMILES string of the molecule is O=C(N[C@@H](CO)Cc1ccccc1)c1ccc(Cl)c(F)c1. The van der Waals surface area contributed by atoms with Crippen LogP contribution in [0.15, 0.2) is 48.5 Å². The number of carbonyl (C=O) groups excluding carboxylic acids is 1. The van der Waals surface area contributed by atoms with Crippen LogP contribution in [-0.4, -0.2) is 23.7 Å². The van der Waals surface area contributed by atoms with E-state index >= 15 is 0 Å². The van der Waals surface area contributed by atoms with Crippen LogP contribution >= 0.6 is 11.6 Å². The third-order valence-corrected chi connectivity index (χ3v) is 3.37. The van der Waals surface area contributed by atoms with Crippen molar-refractivity contribution < 1.29 is 14.3 Å². The lowest BCUT2D eigenvalue weighted by molar-refractivity contribution is 0.0916. The van der Waals surface area contributed by atoms with E-state index in [1.807, 2.05) is 30.3 Å². The molecule has 21 heavy (non-hydrogen) atoms. The van der Waals surface area contributed by atoms with Gasteiger partial charge in [0.1, 0.15) is 5.82 Å². The predicted octanol–water partition coefficient (Wildman–Crippen LogP) is 2.81. The van der Waals surface area contributed by atoms with Gasteiger partial charge in [-0.1, -0.05) is 41.9 Å². The highest BCUT2D eigenvalue weighted by Crippen LogP contribution is 2.15. The Kier molecular flexibility index (Phi) is 5.31. The molecule has 2 N–H and O–H groups in total. The van der Waals surface area contributed by atoms with Gasteiger partial charge in [0.2, 0.25) is 0 Å². The highest BCUT2D eigenvalue weighted by Gasteiger charge is 2.14. The smallest absolute Gasteiger partial charge is 0.251 e. The van der Waals surface area contributed by atoms with E-state index in [0.29, 0.717) is 6.42 Å². The first-order valence-electron chi connectivity index (χ1n) is 6.51. The molecule has 0 bridgehead atoms. The highest BCUT2D eigenvalue weighted by molar-refractivity contribution is 6.30. The number of halogens is 2. The van der Waals surface area contributed by atoms with Gasteiger partial charge in [0.25, 0.3) is 5.91 Å². The van der Waals surface area contributed by atoms with Crippen molar-refractivity contribution in [3.63, 3.8) is 0 Å². The average Bonchev–Trinajstić information content (AvgIpc) is 2.50. The molecule has 1 atom stereocenters. The summed E-state index contributed by atoms with van der Waals surface area (Å²) in [4.78, 5) is 12.0. The maximum atomic E-state index is 13.3. The summed E-state index contributed by atoms with van der Waals surface area (Å²) >= 11 is 5.58. The minimum Gasteiger partial charge on any atom is -0.394 e. The van der Waals surface area contributed by atoms with Gasteiger partial charge in [0.05, 0.1) is 17.7 Å². The Morgan fingerprint density at radius 2 is 1.95 bits per heavy atom. The van der Waals surface area contributed by atoms with E-state index in [2.05, 4.69) is 5.32 Å². The molecule has 0 aliphatic carbocycles. The molecule has 0 aliphatic rings. The Bertz CT molecular complexity index is 619. The molecule has 0 heterocycles. The van der Waals surface area contributed by atoms with Crippen LogP contribution in [0.3, 0.4) is 0 Å². The number of aliphatic hydroxyl groups excluding tert-OH is 1. The van der Waals surface area contributed by atoms with Crippen LogP contribution in [0, 0.1) is 5.82 Å². The molecular weight excluding hydrogens is 293 g/mol. The van der Waals surface area contributed by atoms with E-state index in [4.69, 9.17) is 11.6 Å². The van der Waals surface area contributed by atoms with Crippen molar-refractivity contribution in [3.05, 3.63) is 70.5 Å². The number of nitrogens with one attached hydrogen (secondary N) is 1. The molecule has 0 saturated carbocycles. The molecule has 0 unspecified atom stereocenters.